The summed E-state index contributed by atoms with van der Waals surface area (Å²) in [5.41, 5.74) is 2.13. The lowest BCUT2D eigenvalue weighted by Crippen LogP contribution is -2.31. The molecule has 0 fully saturated rings. The van der Waals surface area contributed by atoms with Crippen molar-refractivity contribution in [2.24, 2.45) is 0 Å². The Morgan fingerprint density at radius 3 is 2.29 bits per heavy atom. The van der Waals surface area contributed by atoms with Crippen LogP contribution in [-0.2, 0) is 13.2 Å². The molecule has 28 heavy (non-hydrogen) atoms. The zero-order chi connectivity index (χ0) is 20.4. The fourth-order valence-corrected chi connectivity index (χ4v) is 3.17. The maximum atomic E-state index is 6.07. The molecule has 0 aliphatic carbocycles. The lowest BCUT2D eigenvalue weighted by atomic mass is 10.2. The second-order valence-electron chi connectivity index (χ2n) is 6.45. The predicted octanol–water partition coefficient (Wildman–Crippen LogP) is 5.40. The third-order valence-electron chi connectivity index (χ3n) is 4.51. The summed E-state index contributed by atoms with van der Waals surface area (Å²) in [5, 5.41) is 4.56. The van der Waals surface area contributed by atoms with E-state index in [0.717, 1.165) is 49.8 Å². The number of hydrogen-bond donors (Lipinski definition) is 1. The van der Waals surface area contributed by atoms with Crippen molar-refractivity contribution in [3.05, 3.63) is 57.6 Å². The standard InChI is InChI=1S/C22H30Cl2N2O2/c1-4-26(5-2)12-11-25-15-17-8-10-21(22(14-17)27-6-3)28-16-18-7-9-19(23)20(24)13-18/h7-10,13-14,25H,4-6,11-12,15-16H2,1-3H3. The normalized spacial score (nSPS) is 11.1. The summed E-state index contributed by atoms with van der Waals surface area (Å²) < 4.78 is 11.7. The van der Waals surface area contributed by atoms with Crippen molar-refractivity contribution in [1.82, 2.24) is 10.2 Å². The summed E-state index contributed by atoms with van der Waals surface area (Å²) in [6.45, 7) is 12.3. The highest BCUT2D eigenvalue weighted by molar-refractivity contribution is 6.42. The van der Waals surface area contributed by atoms with Gasteiger partial charge in [-0.25, -0.2) is 0 Å². The maximum Gasteiger partial charge on any atom is 0.161 e. The van der Waals surface area contributed by atoms with Crippen LogP contribution < -0.4 is 14.8 Å². The molecule has 0 spiro atoms. The van der Waals surface area contributed by atoms with Gasteiger partial charge in [0.05, 0.1) is 16.7 Å². The van der Waals surface area contributed by atoms with Crippen molar-refractivity contribution in [3.63, 3.8) is 0 Å². The van der Waals surface area contributed by atoms with Gasteiger partial charge in [-0.15, -0.1) is 0 Å². The van der Waals surface area contributed by atoms with Gasteiger partial charge in [0, 0.05) is 19.6 Å². The molecule has 0 heterocycles. The Labute approximate surface area is 178 Å². The van der Waals surface area contributed by atoms with Crippen molar-refractivity contribution in [2.45, 2.75) is 33.9 Å². The molecule has 0 saturated carbocycles. The molecule has 0 saturated heterocycles. The monoisotopic (exact) mass is 424 g/mol. The summed E-state index contributed by atoms with van der Waals surface area (Å²) in [6.07, 6.45) is 0. The average Bonchev–Trinajstić information content (AvgIpc) is 2.70. The molecular weight excluding hydrogens is 395 g/mol. The second-order valence-corrected chi connectivity index (χ2v) is 7.27. The van der Waals surface area contributed by atoms with Gasteiger partial charge in [-0.1, -0.05) is 49.2 Å². The minimum Gasteiger partial charge on any atom is -0.490 e. The molecule has 0 aromatic heterocycles. The second kappa shape index (κ2) is 12.2. The van der Waals surface area contributed by atoms with E-state index in [9.17, 15) is 0 Å². The SMILES string of the molecule is CCOc1cc(CNCCN(CC)CC)ccc1OCc1ccc(Cl)c(Cl)c1. The minimum atomic E-state index is 0.401. The molecule has 0 unspecified atom stereocenters. The molecule has 0 bridgehead atoms. The summed E-state index contributed by atoms with van der Waals surface area (Å²) in [4.78, 5) is 2.40. The number of rotatable bonds is 12. The van der Waals surface area contributed by atoms with Crippen LogP contribution in [0, 0.1) is 0 Å². The Morgan fingerprint density at radius 1 is 0.857 bits per heavy atom. The van der Waals surface area contributed by atoms with Crippen molar-refractivity contribution >= 4 is 23.2 Å². The third-order valence-corrected chi connectivity index (χ3v) is 5.25. The zero-order valence-corrected chi connectivity index (χ0v) is 18.4. The van der Waals surface area contributed by atoms with Gasteiger partial charge in [0.1, 0.15) is 6.61 Å². The Morgan fingerprint density at radius 2 is 1.61 bits per heavy atom. The largest absolute Gasteiger partial charge is 0.490 e. The third kappa shape index (κ3) is 7.17. The summed E-state index contributed by atoms with van der Waals surface area (Å²) in [5.74, 6) is 1.48. The van der Waals surface area contributed by atoms with Gasteiger partial charge < -0.3 is 19.7 Å². The fraction of sp³-hybridized carbons (Fsp3) is 0.455. The van der Waals surface area contributed by atoms with E-state index in [4.69, 9.17) is 32.7 Å². The Balaban J connectivity index is 1.94. The zero-order valence-electron chi connectivity index (χ0n) is 16.9. The van der Waals surface area contributed by atoms with Crippen molar-refractivity contribution in [3.8, 4) is 11.5 Å². The van der Waals surface area contributed by atoms with Gasteiger partial charge in [-0.2, -0.15) is 0 Å². The van der Waals surface area contributed by atoms with Gasteiger partial charge in [0.2, 0.25) is 0 Å². The van der Waals surface area contributed by atoms with Crippen LogP contribution >= 0.6 is 23.2 Å². The number of hydrogen-bond acceptors (Lipinski definition) is 4. The molecule has 0 aliphatic rings. The van der Waals surface area contributed by atoms with E-state index in [1.54, 1.807) is 6.07 Å². The van der Waals surface area contributed by atoms with Gasteiger partial charge in [0.15, 0.2) is 11.5 Å². The van der Waals surface area contributed by atoms with Crippen LogP contribution in [0.5, 0.6) is 11.5 Å². The van der Waals surface area contributed by atoms with Crippen LogP contribution in [-0.4, -0.2) is 37.7 Å². The molecular formula is C22H30Cl2N2O2. The highest BCUT2D eigenvalue weighted by Gasteiger charge is 2.08. The lowest BCUT2D eigenvalue weighted by Gasteiger charge is -2.18. The number of likely N-dealkylation sites (N-methyl/N-ethyl adjacent to an activating group) is 1. The number of nitrogens with zero attached hydrogens (tertiary/aromatic N) is 1. The van der Waals surface area contributed by atoms with Crippen molar-refractivity contribution in [2.75, 3.05) is 32.8 Å². The van der Waals surface area contributed by atoms with E-state index < -0.39 is 0 Å². The number of ether oxygens (including phenoxy) is 2. The van der Waals surface area contributed by atoms with Crippen LogP contribution in [0.4, 0.5) is 0 Å². The van der Waals surface area contributed by atoms with Crippen LogP contribution in [0.3, 0.4) is 0 Å². The summed E-state index contributed by atoms with van der Waals surface area (Å²) in [6, 6.07) is 11.6. The molecule has 0 aliphatic heterocycles. The van der Waals surface area contributed by atoms with Crippen LogP contribution in [0.1, 0.15) is 31.9 Å². The molecule has 154 valence electrons. The first kappa shape index (κ1) is 22.8. The van der Waals surface area contributed by atoms with Crippen LogP contribution in [0.25, 0.3) is 0 Å². The molecule has 1 N–H and O–H groups in total. The molecule has 0 radical (unpaired) electrons. The molecule has 4 nitrogen and oxygen atoms in total. The molecule has 0 amide bonds. The van der Waals surface area contributed by atoms with E-state index in [1.807, 2.05) is 31.2 Å². The van der Waals surface area contributed by atoms with Gasteiger partial charge in [-0.05, 0) is 55.4 Å². The number of halogens is 2. The first-order valence-electron chi connectivity index (χ1n) is 9.82. The first-order chi connectivity index (χ1) is 13.6. The summed E-state index contributed by atoms with van der Waals surface area (Å²) >= 11 is 12.0. The van der Waals surface area contributed by atoms with Gasteiger partial charge in [-0.3, -0.25) is 0 Å². The van der Waals surface area contributed by atoms with E-state index >= 15 is 0 Å². The highest BCUT2D eigenvalue weighted by Crippen LogP contribution is 2.30. The first-order valence-corrected chi connectivity index (χ1v) is 10.6. The Hall–Kier alpha value is -1.46. The molecule has 2 rings (SSSR count). The van der Waals surface area contributed by atoms with E-state index in [-0.39, 0.29) is 0 Å². The van der Waals surface area contributed by atoms with Gasteiger partial charge >= 0.3 is 0 Å². The molecule has 2 aromatic carbocycles. The predicted molar refractivity (Wildman–Crippen MR) is 118 cm³/mol. The van der Waals surface area contributed by atoms with E-state index in [1.165, 1.54) is 5.56 Å². The quantitative estimate of drug-likeness (QED) is 0.462. The van der Waals surface area contributed by atoms with E-state index in [0.29, 0.717) is 23.3 Å². The van der Waals surface area contributed by atoms with Crippen molar-refractivity contribution < 1.29 is 9.47 Å². The smallest absolute Gasteiger partial charge is 0.161 e. The maximum absolute atomic E-state index is 6.07. The Kier molecular flexibility index (Phi) is 9.93. The molecule has 2 aromatic rings. The van der Waals surface area contributed by atoms with Crippen LogP contribution in [0.15, 0.2) is 36.4 Å². The van der Waals surface area contributed by atoms with E-state index in [2.05, 4.69) is 30.1 Å². The van der Waals surface area contributed by atoms with Gasteiger partial charge in [0.25, 0.3) is 0 Å². The Bertz CT molecular complexity index is 736. The highest BCUT2D eigenvalue weighted by atomic mass is 35.5. The van der Waals surface area contributed by atoms with Crippen molar-refractivity contribution in [1.29, 1.82) is 0 Å². The fourth-order valence-electron chi connectivity index (χ4n) is 2.85. The number of benzene rings is 2. The van der Waals surface area contributed by atoms with Crippen LogP contribution in [0.2, 0.25) is 10.0 Å². The minimum absolute atomic E-state index is 0.401. The average molecular weight is 425 g/mol. The number of nitrogens with one attached hydrogen (secondary N) is 1. The lowest BCUT2D eigenvalue weighted by molar-refractivity contribution is 0.269. The topological polar surface area (TPSA) is 33.7 Å². The molecule has 0 atom stereocenters. The molecule has 6 heteroatoms. The summed E-state index contributed by atoms with van der Waals surface area (Å²) in [7, 11) is 0.